The largest absolute Gasteiger partial charge is 0.467 e. The van der Waals surface area contributed by atoms with Crippen molar-refractivity contribution in [3.8, 4) is 0 Å². The Bertz CT molecular complexity index is 508. The van der Waals surface area contributed by atoms with Crippen LogP contribution >= 0.6 is 0 Å². The monoisotopic (exact) mass is 273 g/mol. The van der Waals surface area contributed by atoms with Gasteiger partial charge >= 0.3 is 5.97 Å². The summed E-state index contributed by atoms with van der Waals surface area (Å²) in [6.07, 6.45) is 2.96. The van der Waals surface area contributed by atoms with Crippen molar-refractivity contribution in [2.45, 2.75) is 43.7 Å². The highest BCUT2D eigenvalue weighted by Gasteiger charge is 2.45. The van der Waals surface area contributed by atoms with E-state index in [4.69, 9.17) is 4.74 Å². The molecule has 1 saturated heterocycles. The highest BCUT2D eigenvalue weighted by atomic mass is 16.5. The van der Waals surface area contributed by atoms with E-state index in [9.17, 15) is 9.59 Å². The van der Waals surface area contributed by atoms with Gasteiger partial charge in [-0.3, -0.25) is 4.79 Å². The number of methoxy groups -OCH3 is 1. The van der Waals surface area contributed by atoms with E-state index in [2.05, 4.69) is 12.1 Å². The van der Waals surface area contributed by atoms with Gasteiger partial charge < -0.3 is 9.64 Å². The predicted octanol–water partition coefficient (Wildman–Crippen LogP) is 2.10. The average molecular weight is 273 g/mol. The summed E-state index contributed by atoms with van der Waals surface area (Å²) in [6.45, 7) is 0. The number of carbonyl (C=O) groups is 2. The van der Waals surface area contributed by atoms with Crippen LogP contribution in [-0.2, 0) is 14.3 Å². The Morgan fingerprint density at radius 1 is 1.25 bits per heavy atom. The highest BCUT2D eigenvalue weighted by Crippen LogP contribution is 2.42. The van der Waals surface area contributed by atoms with Crippen molar-refractivity contribution in [2.75, 3.05) is 7.11 Å². The molecule has 1 heterocycles. The molecule has 1 aliphatic carbocycles. The summed E-state index contributed by atoms with van der Waals surface area (Å²) in [5, 5.41) is 0. The fourth-order valence-corrected chi connectivity index (χ4v) is 3.34. The first-order chi connectivity index (χ1) is 9.70. The number of carbonyl (C=O) groups excluding carboxylic acids is 2. The Hall–Kier alpha value is -1.84. The summed E-state index contributed by atoms with van der Waals surface area (Å²) in [5.41, 5.74) is 1.32. The zero-order valence-corrected chi connectivity index (χ0v) is 11.6. The van der Waals surface area contributed by atoms with Gasteiger partial charge in [-0.25, -0.2) is 4.79 Å². The van der Waals surface area contributed by atoms with Crippen molar-refractivity contribution in [1.29, 1.82) is 0 Å². The van der Waals surface area contributed by atoms with Gasteiger partial charge in [0.1, 0.15) is 6.04 Å². The summed E-state index contributed by atoms with van der Waals surface area (Å²) in [4.78, 5) is 25.5. The van der Waals surface area contributed by atoms with Gasteiger partial charge in [0.2, 0.25) is 5.91 Å². The molecule has 0 spiro atoms. The third-order valence-electron chi connectivity index (χ3n) is 4.51. The number of esters is 1. The van der Waals surface area contributed by atoms with Crippen LogP contribution < -0.4 is 0 Å². The van der Waals surface area contributed by atoms with Crippen molar-refractivity contribution < 1.29 is 14.3 Å². The molecule has 4 nitrogen and oxygen atoms in total. The van der Waals surface area contributed by atoms with Crippen molar-refractivity contribution in [3.63, 3.8) is 0 Å². The van der Waals surface area contributed by atoms with Crippen LogP contribution in [0.5, 0.6) is 0 Å². The number of rotatable bonds is 3. The predicted molar refractivity (Wildman–Crippen MR) is 74.1 cm³/mol. The molecule has 1 amide bonds. The number of hydrogen-bond acceptors (Lipinski definition) is 3. The molecule has 2 fully saturated rings. The van der Waals surface area contributed by atoms with Crippen LogP contribution in [0.3, 0.4) is 0 Å². The van der Waals surface area contributed by atoms with Crippen molar-refractivity contribution in [2.24, 2.45) is 0 Å². The van der Waals surface area contributed by atoms with Gasteiger partial charge in [-0.1, -0.05) is 30.3 Å². The van der Waals surface area contributed by atoms with E-state index in [0.717, 1.165) is 12.8 Å². The van der Waals surface area contributed by atoms with E-state index in [1.54, 1.807) is 4.90 Å². The second kappa shape index (κ2) is 5.27. The second-order valence-electron chi connectivity index (χ2n) is 5.61. The lowest BCUT2D eigenvalue weighted by atomic mass is 9.75. The van der Waals surface area contributed by atoms with Gasteiger partial charge in [0, 0.05) is 12.5 Å². The Kier molecular flexibility index (Phi) is 3.47. The Labute approximate surface area is 118 Å². The maximum atomic E-state index is 12.0. The Balaban J connectivity index is 1.66. The van der Waals surface area contributed by atoms with Crippen LogP contribution in [0.1, 0.15) is 37.2 Å². The van der Waals surface area contributed by atoms with Gasteiger partial charge in [-0.05, 0) is 30.7 Å². The van der Waals surface area contributed by atoms with E-state index in [-0.39, 0.29) is 24.0 Å². The van der Waals surface area contributed by atoms with Gasteiger partial charge in [0.15, 0.2) is 0 Å². The van der Waals surface area contributed by atoms with E-state index in [1.807, 2.05) is 18.2 Å². The number of benzene rings is 1. The molecule has 0 radical (unpaired) electrons. The fourth-order valence-electron chi connectivity index (χ4n) is 3.34. The van der Waals surface area contributed by atoms with Crippen molar-refractivity contribution in [3.05, 3.63) is 35.9 Å². The zero-order valence-electron chi connectivity index (χ0n) is 11.6. The molecule has 3 rings (SSSR count). The minimum absolute atomic E-state index is 0.0944. The quantitative estimate of drug-likeness (QED) is 0.792. The average Bonchev–Trinajstić information content (AvgIpc) is 2.80. The SMILES string of the molecule is COC(=O)C1CCC(=O)N1C1CC(c2ccccc2)C1. The van der Waals surface area contributed by atoms with E-state index in [1.165, 1.54) is 12.7 Å². The van der Waals surface area contributed by atoms with Crippen LogP contribution in [-0.4, -0.2) is 36.0 Å². The highest BCUT2D eigenvalue weighted by molar-refractivity contribution is 5.88. The Morgan fingerprint density at radius 3 is 2.60 bits per heavy atom. The van der Waals surface area contributed by atoms with E-state index in [0.29, 0.717) is 18.8 Å². The molecule has 0 bridgehead atoms. The maximum Gasteiger partial charge on any atom is 0.328 e. The van der Waals surface area contributed by atoms with Crippen LogP contribution in [0.15, 0.2) is 30.3 Å². The van der Waals surface area contributed by atoms with Gasteiger partial charge in [-0.15, -0.1) is 0 Å². The third kappa shape index (κ3) is 2.19. The summed E-state index contributed by atoms with van der Waals surface area (Å²) >= 11 is 0. The molecule has 20 heavy (non-hydrogen) atoms. The first kappa shape index (κ1) is 13.2. The first-order valence-corrected chi connectivity index (χ1v) is 7.14. The lowest BCUT2D eigenvalue weighted by Crippen LogP contribution is -2.51. The molecule has 1 atom stereocenters. The van der Waals surface area contributed by atoms with Gasteiger partial charge in [0.05, 0.1) is 7.11 Å². The molecular weight excluding hydrogens is 254 g/mol. The number of ether oxygens (including phenoxy) is 1. The summed E-state index contributed by atoms with van der Waals surface area (Å²) in [5.74, 6) is 0.323. The third-order valence-corrected chi connectivity index (χ3v) is 4.51. The molecule has 1 unspecified atom stereocenters. The number of hydrogen-bond donors (Lipinski definition) is 0. The molecule has 2 aliphatic rings. The summed E-state index contributed by atoms with van der Waals surface area (Å²) < 4.78 is 4.81. The maximum absolute atomic E-state index is 12.0. The number of nitrogens with zero attached hydrogens (tertiary/aromatic N) is 1. The van der Waals surface area contributed by atoms with Gasteiger partial charge in [-0.2, -0.15) is 0 Å². The second-order valence-corrected chi connectivity index (χ2v) is 5.61. The number of likely N-dealkylation sites (tertiary alicyclic amines) is 1. The van der Waals surface area contributed by atoms with Crippen molar-refractivity contribution in [1.82, 2.24) is 4.90 Å². The summed E-state index contributed by atoms with van der Waals surface area (Å²) in [6, 6.07) is 10.2. The van der Waals surface area contributed by atoms with Gasteiger partial charge in [0.25, 0.3) is 0 Å². The van der Waals surface area contributed by atoms with Crippen LogP contribution in [0.4, 0.5) is 0 Å². The lowest BCUT2D eigenvalue weighted by Gasteiger charge is -2.43. The molecule has 0 N–H and O–H groups in total. The zero-order chi connectivity index (χ0) is 14.1. The molecule has 4 heteroatoms. The first-order valence-electron chi connectivity index (χ1n) is 7.14. The van der Waals surface area contributed by atoms with Crippen LogP contribution in [0.2, 0.25) is 0 Å². The smallest absolute Gasteiger partial charge is 0.328 e. The topological polar surface area (TPSA) is 46.6 Å². The van der Waals surface area contributed by atoms with E-state index < -0.39 is 0 Å². The number of amides is 1. The van der Waals surface area contributed by atoms with Crippen LogP contribution in [0.25, 0.3) is 0 Å². The van der Waals surface area contributed by atoms with Crippen molar-refractivity contribution >= 4 is 11.9 Å². The van der Waals surface area contributed by atoms with E-state index >= 15 is 0 Å². The molecule has 1 aliphatic heterocycles. The minimum Gasteiger partial charge on any atom is -0.467 e. The molecule has 1 aromatic carbocycles. The molecule has 0 aromatic heterocycles. The summed E-state index contributed by atoms with van der Waals surface area (Å²) in [7, 11) is 1.39. The Morgan fingerprint density at radius 2 is 1.95 bits per heavy atom. The molecule has 1 saturated carbocycles. The fraction of sp³-hybridized carbons (Fsp3) is 0.500. The molecule has 106 valence electrons. The van der Waals surface area contributed by atoms with Crippen LogP contribution in [0, 0.1) is 0 Å². The minimum atomic E-state index is -0.366. The molecular formula is C16H19NO3. The molecule has 1 aromatic rings. The lowest BCUT2D eigenvalue weighted by molar-refractivity contribution is -0.152. The normalized spacial score (nSPS) is 29.1. The standard InChI is InChI=1S/C16H19NO3/c1-20-16(19)14-7-8-15(18)17(14)13-9-12(10-13)11-5-3-2-4-6-11/h2-6,12-14H,7-10H2,1H3.